The van der Waals surface area contributed by atoms with Gasteiger partial charge in [0.1, 0.15) is 17.2 Å². The molecule has 0 aliphatic heterocycles. The molecule has 3 rings (SSSR count). The van der Waals surface area contributed by atoms with Crippen molar-refractivity contribution in [1.82, 2.24) is 0 Å². The molecule has 0 saturated carbocycles. The minimum absolute atomic E-state index is 0.480. The summed E-state index contributed by atoms with van der Waals surface area (Å²) in [5, 5.41) is 0. The summed E-state index contributed by atoms with van der Waals surface area (Å²) in [6.45, 7) is 6.06. The zero-order valence-electron chi connectivity index (χ0n) is 17.2. The lowest BCUT2D eigenvalue weighted by molar-refractivity contribution is 0.412. The van der Waals surface area contributed by atoms with Gasteiger partial charge in [0.05, 0.1) is 19.1 Å². The third-order valence-corrected chi connectivity index (χ3v) is 4.45. The van der Waals surface area contributed by atoms with E-state index in [0.29, 0.717) is 17.4 Å². The summed E-state index contributed by atoms with van der Waals surface area (Å²) in [4.78, 5) is 4.72. The number of aliphatic imine (C=N–C) groups is 1. The first kappa shape index (κ1) is 20.2. The molecule has 0 aromatic heterocycles. The van der Waals surface area contributed by atoms with Crippen LogP contribution in [0, 0.1) is 13.8 Å². The second-order valence-electron chi connectivity index (χ2n) is 6.69. The molecule has 0 radical (unpaired) electrons. The Morgan fingerprint density at radius 3 is 2.14 bits per heavy atom. The minimum atomic E-state index is 0.480. The Bertz CT molecular complexity index is 1010. The Morgan fingerprint density at radius 2 is 1.48 bits per heavy atom. The second kappa shape index (κ2) is 9.60. The summed E-state index contributed by atoms with van der Waals surface area (Å²) in [6, 6.07) is 23.1. The minimum Gasteiger partial charge on any atom is -0.497 e. The van der Waals surface area contributed by atoms with Crippen molar-refractivity contribution in [1.29, 1.82) is 0 Å². The van der Waals surface area contributed by atoms with E-state index in [2.05, 4.69) is 19.9 Å². The van der Waals surface area contributed by atoms with Crippen LogP contribution in [0.5, 0.6) is 17.2 Å². The maximum Gasteiger partial charge on any atom is 0.225 e. The zero-order chi connectivity index (χ0) is 20.6. The van der Waals surface area contributed by atoms with E-state index in [4.69, 9.17) is 19.2 Å². The van der Waals surface area contributed by atoms with E-state index in [1.165, 1.54) is 11.1 Å². The molecule has 0 aliphatic rings. The molecule has 0 spiro atoms. The molecule has 0 N–H and O–H groups in total. The average molecular weight is 387 g/mol. The Balaban J connectivity index is 1.87. The highest BCUT2D eigenvalue weighted by Crippen LogP contribution is 2.21. The highest BCUT2D eigenvalue weighted by molar-refractivity contribution is 5.96. The van der Waals surface area contributed by atoms with Gasteiger partial charge in [0, 0.05) is 5.57 Å². The van der Waals surface area contributed by atoms with Crippen LogP contribution in [0.1, 0.15) is 18.1 Å². The van der Waals surface area contributed by atoms with Crippen LogP contribution in [0.2, 0.25) is 0 Å². The predicted molar refractivity (Wildman–Crippen MR) is 117 cm³/mol. The van der Waals surface area contributed by atoms with Crippen molar-refractivity contribution in [2.75, 3.05) is 7.11 Å². The monoisotopic (exact) mass is 387 g/mol. The Morgan fingerprint density at radius 1 is 0.793 bits per heavy atom. The first-order chi connectivity index (χ1) is 14.0. The summed E-state index contributed by atoms with van der Waals surface area (Å²) in [7, 11) is 1.64. The molecule has 148 valence electrons. The lowest BCUT2D eigenvalue weighted by Crippen LogP contribution is -2.10. The van der Waals surface area contributed by atoms with Crippen molar-refractivity contribution in [3.8, 4) is 17.2 Å². The summed E-state index contributed by atoms with van der Waals surface area (Å²) < 4.78 is 17.0. The van der Waals surface area contributed by atoms with Gasteiger partial charge in [-0.1, -0.05) is 24.3 Å². The molecule has 3 aromatic carbocycles. The van der Waals surface area contributed by atoms with Gasteiger partial charge in [-0.05, 0) is 80.4 Å². The van der Waals surface area contributed by atoms with Crippen molar-refractivity contribution in [3.63, 3.8) is 0 Å². The molecular formula is C25H25NO3. The number of hydrogen-bond acceptors (Lipinski definition) is 4. The molecule has 0 atom stereocenters. The smallest absolute Gasteiger partial charge is 0.225 e. The van der Waals surface area contributed by atoms with E-state index in [0.717, 1.165) is 17.0 Å². The number of rotatable bonds is 6. The van der Waals surface area contributed by atoms with Gasteiger partial charge in [-0.15, -0.1) is 0 Å². The van der Waals surface area contributed by atoms with Gasteiger partial charge >= 0.3 is 0 Å². The maximum atomic E-state index is 6.06. The first-order valence-electron chi connectivity index (χ1n) is 9.42. The van der Waals surface area contributed by atoms with E-state index in [1.807, 2.05) is 73.7 Å². The molecule has 4 nitrogen and oxygen atoms in total. The third kappa shape index (κ3) is 5.72. The number of hydrogen-bond donors (Lipinski definition) is 0. The number of para-hydroxylation sites is 1. The average Bonchev–Trinajstić information content (AvgIpc) is 2.75. The molecule has 0 heterocycles. The standard InChI is InChI=1S/C25H25NO3/c1-18-10-11-21(16-19(18)2)26-25(29-24-8-6-5-7-9-24)20(3)17-28-23-14-12-22(27-4)13-15-23/h5-17H,1-4H3. The highest BCUT2D eigenvalue weighted by atomic mass is 16.5. The molecule has 0 saturated heterocycles. The van der Waals surface area contributed by atoms with Crippen LogP contribution in [0.3, 0.4) is 0 Å². The molecule has 4 heteroatoms. The number of ether oxygens (including phenoxy) is 3. The number of methoxy groups -OCH3 is 1. The van der Waals surface area contributed by atoms with Crippen molar-refractivity contribution in [2.45, 2.75) is 20.8 Å². The van der Waals surface area contributed by atoms with Crippen LogP contribution in [0.25, 0.3) is 0 Å². The fourth-order valence-electron chi connectivity index (χ4n) is 2.57. The van der Waals surface area contributed by atoms with Gasteiger partial charge in [-0.3, -0.25) is 0 Å². The van der Waals surface area contributed by atoms with Crippen molar-refractivity contribution >= 4 is 11.6 Å². The largest absolute Gasteiger partial charge is 0.497 e. The van der Waals surface area contributed by atoms with Gasteiger partial charge in [0.2, 0.25) is 5.90 Å². The van der Waals surface area contributed by atoms with Gasteiger partial charge in [0.15, 0.2) is 0 Å². The highest BCUT2D eigenvalue weighted by Gasteiger charge is 2.08. The molecule has 0 unspecified atom stereocenters. The normalized spacial score (nSPS) is 11.9. The molecule has 0 aliphatic carbocycles. The van der Waals surface area contributed by atoms with E-state index in [-0.39, 0.29) is 0 Å². The summed E-state index contributed by atoms with van der Waals surface area (Å²) in [5.74, 6) is 2.68. The summed E-state index contributed by atoms with van der Waals surface area (Å²) in [5.41, 5.74) is 4.00. The van der Waals surface area contributed by atoms with Crippen LogP contribution >= 0.6 is 0 Å². The topological polar surface area (TPSA) is 40.0 Å². The maximum absolute atomic E-state index is 6.06. The van der Waals surface area contributed by atoms with E-state index >= 15 is 0 Å². The fraction of sp³-hybridized carbons (Fsp3) is 0.160. The molecule has 0 fully saturated rings. The fourth-order valence-corrected chi connectivity index (χ4v) is 2.57. The van der Waals surface area contributed by atoms with Crippen molar-refractivity contribution in [2.24, 2.45) is 4.99 Å². The lowest BCUT2D eigenvalue weighted by atomic mass is 10.1. The summed E-state index contributed by atoms with van der Waals surface area (Å²) >= 11 is 0. The predicted octanol–water partition coefficient (Wildman–Crippen LogP) is 6.40. The third-order valence-electron chi connectivity index (χ3n) is 4.45. The quantitative estimate of drug-likeness (QED) is 0.279. The number of benzene rings is 3. The van der Waals surface area contributed by atoms with E-state index in [9.17, 15) is 0 Å². The summed E-state index contributed by atoms with van der Waals surface area (Å²) in [6.07, 6.45) is 1.64. The van der Waals surface area contributed by atoms with Gasteiger partial charge in [-0.2, -0.15) is 0 Å². The Kier molecular flexibility index (Phi) is 6.69. The van der Waals surface area contributed by atoms with E-state index in [1.54, 1.807) is 13.4 Å². The Labute approximate surface area is 172 Å². The van der Waals surface area contributed by atoms with Crippen LogP contribution < -0.4 is 14.2 Å². The number of nitrogens with zero attached hydrogens (tertiary/aromatic N) is 1. The van der Waals surface area contributed by atoms with Crippen LogP contribution in [-0.4, -0.2) is 13.0 Å². The van der Waals surface area contributed by atoms with Crippen LogP contribution in [-0.2, 0) is 0 Å². The molecule has 3 aromatic rings. The van der Waals surface area contributed by atoms with Gasteiger partial charge in [0.25, 0.3) is 0 Å². The lowest BCUT2D eigenvalue weighted by Gasteiger charge is -2.11. The van der Waals surface area contributed by atoms with Crippen LogP contribution in [0.4, 0.5) is 5.69 Å². The zero-order valence-corrected chi connectivity index (χ0v) is 17.2. The van der Waals surface area contributed by atoms with Crippen molar-refractivity contribution < 1.29 is 14.2 Å². The molecule has 0 bridgehead atoms. The molecule has 0 amide bonds. The van der Waals surface area contributed by atoms with Gasteiger partial charge < -0.3 is 14.2 Å². The second-order valence-corrected chi connectivity index (χ2v) is 6.69. The SMILES string of the molecule is COc1ccc(OC=C(C)C(=Nc2ccc(C)c(C)c2)Oc2ccccc2)cc1. The molecule has 29 heavy (non-hydrogen) atoms. The van der Waals surface area contributed by atoms with Crippen LogP contribution in [0.15, 0.2) is 89.6 Å². The Hall–Kier alpha value is -3.53. The molecular weight excluding hydrogens is 362 g/mol. The number of aryl methyl sites for hydroxylation is 2. The van der Waals surface area contributed by atoms with E-state index < -0.39 is 0 Å². The first-order valence-corrected chi connectivity index (χ1v) is 9.42. The van der Waals surface area contributed by atoms with Gasteiger partial charge in [-0.25, -0.2) is 4.99 Å². The van der Waals surface area contributed by atoms with Crippen molar-refractivity contribution in [3.05, 3.63) is 95.8 Å².